The Morgan fingerprint density at radius 1 is 0.895 bits per heavy atom. The summed E-state index contributed by atoms with van der Waals surface area (Å²) in [6.45, 7) is 2.00. The minimum absolute atomic E-state index is 0.00776. The van der Waals surface area contributed by atoms with Gasteiger partial charge in [-0.05, 0) is 31.7 Å². The first-order chi connectivity index (χ1) is 18.2. The van der Waals surface area contributed by atoms with E-state index in [1.165, 1.54) is 0 Å². The van der Waals surface area contributed by atoms with Crippen molar-refractivity contribution in [3.63, 3.8) is 0 Å². The maximum atomic E-state index is 13.5. The number of rotatable bonds is 3. The average Bonchev–Trinajstić information content (AvgIpc) is 3.32. The van der Waals surface area contributed by atoms with Crippen LogP contribution in [-0.2, 0) is 28.7 Å². The molecule has 4 aliphatic rings. The number of fused-ring (bicyclic) bond motifs is 4. The van der Waals surface area contributed by atoms with Gasteiger partial charge < -0.3 is 19.3 Å². The van der Waals surface area contributed by atoms with Crippen LogP contribution in [0.15, 0.2) is 29.8 Å². The Bertz CT molecular complexity index is 1300. The maximum absolute atomic E-state index is 13.5. The Hall–Kier alpha value is -4.22. The van der Waals surface area contributed by atoms with Gasteiger partial charge in [-0.15, -0.1) is 0 Å². The Labute approximate surface area is 217 Å². The van der Waals surface area contributed by atoms with E-state index in [-0.39, 0.29) is 36.5 Å². The molecule has 0 aromatic heterocycles. The van der Waals surface area contributed by atoms with Crippen LogP contribution in [0.5, 0.6) is 11.5 Å². The van der Waals surface area contributed by atoms with Gasteiger partial charge in [-0.25, -0.2) is 9.59 Å². The molecule has 6 amide bonds. The highest BCUT2D eigenvalue weighted by Crippen LogP contribution is 2.59. The molecule has 38 heavy (non-hydrogen) atoms. The molecule has 12 heteroatoms. The lowest BCUT2D eigenvalue weighted by molar-refractivity contribution is -0.139. The van der Waals surface area contributed by atoms with E-state index in [1.807, 2.05) is 0 Å². The van der Waals surface area contributed by atoms with Crippen molar-refractivity contribution in [3.05, 3.63) is 35.4 Å². The van der Waals surface area contributed by atoms with Crippen LogP contribution in [0.25, 0.3) is 0 Å². The fraction of sp³-hybridized carbons (Fsp3) is 0.462. The number of methoxy groups -OCH3 is 2. The predicted molar refractivity (Wildman–Crippen MR) is 125 cm³/mol. The third-order valence-corrected chi connectivity index (χ3v) is 8.03. The second kappa shape index (κ2) is 9.26. The van der Waals surface area contributed by atoms with E-state index < -0.39 is 71.3 Å². The summed E-state index contributed by atoms with van der Waals surface area (Å²) < 4.78 is 14.8. The number of nitrogens with zero attached hydrogens (tertiary/aromatic N) is 2. The van der Waals surface area contributed by atoms with Gasteiger partial charge in [0.05, 0.1) is 44.5 Å². The fourth-order valence-corrected chi connectivity index (χ4v) is 6.54. The lowest BCUT2D eigenvalue weighted by atomic mass is 9.57. The van der Waals surface area contributed by atoms with E-state index in [1.54, 1.807) is 31.2 Å². The summed E-state index contributed by atoms with van der Waals surface area (Å²) in [7, 11) is 2.12. The molecule has 2 aliphatic heterocycles. The molecule has 1 saturated carbocycles. The summed E-state index contributed by atoms with van der Waals surface area (Å²) in [5, 5.41) is 11.1. The number of carbonyl (C=O) groups is 6. The number of allylic oxidation sites excluding steroid dienone is 2. The molecule has 2 aliphatic carbocycles. The molecule has 2 heterocycles. The number of imide groups is 6. The number of phenols is 1. The lowest BCUT2D eigenvalue weighted by Crippen LogP contribution is -2.43. The largest absolute Gasteiger partial charge is 0.504 e. The first kappa shape index (κ1) is 25.4. The highest BCUT2D eigenvalue weighted by molar-refractivity contribution is 6.17. The molecule has 6 atom stereocenters. The van der Waals surface area contributed by atoms with E-state index in [0.717, 1.165) is 14.2 Å². The summed E-state index contributed by atoms with van der Waals surface area (Å²) in [4.78, 5) is 78.9. The molecule has 0 radical (unpaired) electrons. The molecule has 1 N–H and O–H groups in total. The van der Waals surface area contributed by atoms with E-state index in [9.17, 15) is 33.9 Å². The summed E-state index contributed by atoms with van der Waals surface area (Å²) in [5.74, 6) is -8.57. The molecular weight excluding hydrogens is 500 g/mol. The van der Waals surface area contributed by atoms with Crippen molar-refractivity contribution in [3.8, 4) is 11.5 Å². The number of phenolic OH excluding ortho intramolecular Hbond substituents is 1. The van der Waals surface area contributed by atoms with Crippen LogP contribution in [0.1, 0.15) is 31.2 Å². The molecule has 200 valence electrons. The smallest absolute Gasteiger partial charge is 0.423 e. The van der Waals surface area contributed by atoms with Gasteiger partial charge in [0.25, 0.3) is 0 Å². The Morgan fingerprint density at radius 3 is 2.11 bits per heavy atom. The van der Waals surface area contributed by atoms with Crippen LogP contribution < -0.4 is 4.74 Å². The maximum Gasteiger partial charge on any atom is 0.423 e. The fourth-order valence-electron chi connectivity index (χ4n) is 6.54. The molecule has 0 bridgehead atoms. The molecular formula is C26H26N2O10. The SMILES string of the molecule is CCOc1cccc([C@H]2C3=CC[C@@H]4C(=O)N(C(=O)OC)C(=O)[C@@H]4[C@@H]3C[C@H]3C(=O)N(C(=O)OC)C(=O)[C@@H]23)c1O. The number of likely N-dealkylation sites (tertiary alicyclic amines) is 2. The first-order valence-corrected chi connectivity index (χ1v) is 12.2. The second-order valence-electron chi connectivity index (χ2n) is 9.62. The van der Waals surface area contributed by atoms with Crippen LogP contribution in [0, 0.1) is 29.6 Å². The van der Waals surface area contributed by atoms with Crippen molar-refractivity contribution in [2.75, 3.05) is 20.8 Å². The number of aromatic hydroxyl groups is 1. The minimum Gasteiger partial charge on any atom is -0.504 e. The first-order valence-electron chi connectivity index (χ1n) is 12.2. The van der Waals surface area contributed by atoms with Gasteiger partial charge in [0, 0.05) is 11.5 Å². The lowest BCUT2D eigenvalue weighted by Gasteiger charge is -2.44. The van der Waals surface area contributed by atoms with Gasteiger partial charge in [-0.1, -0.05) is 23.8 Å². The molecule has 1 aromatic carbocycles. The highest BCUT2D eigenvalue weighted by Gasteiger charge is 2.64. The summed E-state index contributed by atoms with van der Waals surface area (Å²) >= 11 is 0. The normalized spacial score (nSPS) is 29.9. The zero-order valence-electron chi connectivity index (χ0n) is 20.9. The van der Waals surface area contributed by atoms with Crippen molar-refractivity contribution < 1.29 is 48.1 Å². The van der Waals surface area contributed by atoms with Crippen LogP contribution in [0.4, 0.5) is 9.59 Å². The standard InChI is InChI=1S/C26H26N2O10/c1-4-38-16-7-5-6-12(20(16)29)17-11-8-9-13-18(23(32)27(21(13)30)25(34)36-2)14(11)10-15-19(17)24(33)28(22(15)31)26(35)37-3/h5-8,13-15,17-19,29H,4,9-10H2,1-3H3/t13-,14+,15+,17+,18-,19+/m0/s1. The molecule has 0 spiro atoms. The van der Waals surface area contributed by atoms with Crippen LogP contribution in [-0.4, -0.2) is 71.5 Å². The second-order valence-corrected chi connectivity index (χ2v) is 9.62. The number of hydrogen-bond donors (Lipinski definition) is 1. The van der Waals surface area contributed by atoms with Crippen LogP contribution in [0.2, 0.25) is 0 Å². The molecule has 0 unspecified atom stereocenters. The van der Waals surface area contributed by atoms with Gasteiger partial charge in [-0.3, -0.25) is 19.2 Å². The van der Waals surface area contributed by atoms with Crippen LogP contribution >= 0.6 is 0 Å². The van der Waals surface area contributed by atoms with Crippen molar-refractivity contribution in [2.45, 2.75) is 25.7 Å². The average molecular weight is 526 g/mol. The van der Waals surface area contributed by atoms with Crippen molar-refractivity contribution in [2.24, 2.45) is 29.6 Å². The molecule has 5 rings (SSSR count). The predicted octanol–water partition coefficient (Wildman–Crippen LogP) is 1.96. The highest BCUT2D eigenvalue weighted by atomic mass is 16.5. The Kier molecular flexibility index (Phi) is 6.20. The minimum atomic E-state index is -1.13. The van der Waals surface area contributed by atoms with E-state index in [4.69, 9.17) is 4.74 Å². The van der Waals surface area contributed by atoms with Gasteiger partial charge in [0.15, 0.2) is 11.5 Å². The van der Waals surface area contributed by atoms with Crippen LogP contribution in [0.3, 0.4) is 0 Å². The van der Waals surface area contributed by atoms with E-state index >= 15 is 0 Å². The number of amides is 6. The molecule has 1 aromatic rings. The van der Waals surface area contributed by atoms with E-state index in [0.29, 0.717) is 15.4 Å². The summed E-state index contributed by atoms with van der Waals surface area (Å²) in [6.07, 6.45) is -0.376. The number of carbonyl (C=O) groups excluding carboxylic acids is 6. The Balaban J connectivity index is 1.66. The topological polar surface area (TPSA) is 157 Å². The quantitative estimate of drug-likeness (QED) is 0.456. The summed E-state index contributed by atoms with van der Waals surface area (Å²) in [5.41, 5.74) is 0.868. The van der Waals surface area contributed by atoms with Gasteiger partial charge in [0.1, 0.15) is 0 Å². The monoisotopic (exact) mass is 526 g/mol. The number of benzene rings is 1. The zero-order chi connectivity index (χ0) is 27.5. The van der Waals surface area contributed by atoms with Crippen molar-refractivity contribution in [1.82, 2.24) is 9.80 Å². The zero-order valence-corrected chi connectivity index (χ0v) is 20.9. The molecule has 3 fully saturated rings. The number of para-hydroxylation sites is 1. The molecule has 12 nitrogen and oxygen atoms in total. The van der Waals surface area contributed by atoms with Gasteiger partial charge in [0.2, 0.25) is 23.6 Å². The van der Waals surface area contributed by atoms with Gasteiger partial charge in [-0.2, -0.15) is 9.80 Å². The van der Waals surface area contributed by atoms with Crippen molar-refractivity contribution >= 4 is 35.8 Å². The van der Waals surface area contributed by atoms with Gasteiger partial charge >= 0.3 is 12.2 Å². The number of hydrogen-bond acceptors (Lipinski definition) is 10. The number of ether oxygens (including phenoxy) is 3. The molecule has 2 saturated heterocycles. The third-order valence-electron chi connectivity index (χ3n) is 8.03. The third kappa shape index (κ3) is 3.42. The Morgan fingerprint density at radius 2 is 1.50 bits per heavy atom. The summed E-state index contributed by atoms with van der Waals surface area (Å²) in [6, 6.07) is 4.78. The van der Waals surface area contributed by atoms with E-state index in [2.05, 4.69) is 9.47 Å². The van der Waals surface area contributed by atoms with Crippen molar-refractivity contribution in [1.29, 1.82) is 0 Å².